The number of nitrogens with zero attached hydrogens (tertiary/aromatic N) is 1. The van der Waals surface area contributed by atoms with Crippen molar-refractivity contribution in [2.24, 2.45) is 5.73 Å². The number of carbonyl (C=O) groups is 1. The second-order valence-electron chi connectivity index (χ2n) is 5.99. The number of amides is 1. The lowest BCUT2D eigenvalue weighted by molar-refractivity contribution is -0.134. The van der Waals surface area contributed by atoms with E-state index in [0.29, 0.717) is 6.42 Å². The van der Waals surface area contributed by atoms with Crippen LogP contribution in [0.3, 0.4) is 0 Å². The van der Waals surface area contributed by atoms with E-state index in [-0.39, 0.29) is 18.0 Å². The summed E-state index contributed by atoms with van der Waals surface area (Å²) in [6.07, 6.45) is 3.67. The van der Waals surface area contributed by atoms with Crippen molar-refractivity contribution in [3.05, 3.63) is 29.3 Å². The number of methoxy groups -OCH3 is 1. The molecule has 0 bridgehead atoms. The highest BCUT2D eigenvalue weighted by Crippen LogP contribution is 2.22. The van der Waals surface area contributed by atoms with E-state index in [1.54, 1.807) is 7.11 Å². The quantitative estimate of drug-likeness (QED) is 0.925. The maximum atomic E-state index is 12.6. The molecule has 1 aliphatic heterocycles. The molecule has 21 heavy (non-hydrogen) atoms. The van der Waals surface area contributed by atoms with Crippen LogP contribution in [-0.4, -0.2) is 36.5 Å². The van der Waals surface area contributed by atoms with Crippen molar-refractivity contribution >= 4 is 5.91 Å². The first kappa shape index (κ1) is 15.8. The van der Waals surface area contributed by atoms with E-state index in [1.807, 2.05) is 36.9 Å². The van der Waals surface area contributed by atoms with Crippen LogP contribution < -0.4 is 10.5 Å². The van der Waals surface area contributed by atoms with E-state index < -0.39 is 0 Å². The third kappa shape index (κ3) is 3.76. The molecule has 116 valence electrons. The van der Waals surface area contributed by atoms with Gasteiger partial charge in [-0.05, 0) is 50.3 Å². The molecular formula is C17H26N2O2. The fourth-order valence-corrected chi connectivity index (χ4v) is 3.06. The van der Waals surface area contributed by atoms with Crippen LogP contribution >= 0.6 is 0 Å². The molecule has 1 heterocycles. The van der Waals surface area contributed by atoms with Crippen LogP contribution in [-0.2, 0) is 11.2 Å². The molecule has 0 aliphatic carbocycles. The summed E-state index contributed by atoms with van der Waals surface area (Å²) >= 11 is 0. The van der Waals surface area contributed by atoms with Gasteiger partial charge in [0.1, 0.15) is 5.75 Å². The normalized spacial score (nSPS) is 20.2. The van der Waals surface area contributed by atoms with E-state index in [1.165, 1.54) is 0 Å². The van der Waals surface area contributed by atoms with Crippen LogP contribution in [0.15, 0.2) is 18.2 Å². The van der Waals surface area contributed by atoms with Crippen molar-refractivity contribution in [3.8, 4) is 5.75 Å². The fourth-order valence-electron chi connectivity index (χ4n) is 3.06. The molecule has 0 saturated carbocycles. The Bertz CT molecular complexity index is 500. The van der Waals surface area contributed by atoms with E-state index in [0.717, 1.165) is 42.7 Å². The summed E-state index contributed by atoms with van der Waals surface area (Å²) in [5.74, 6) is 1.01. The van der Waals surface area contributed by atoms with Crippen LogP contribution in [0.4, 0.5) is 0 Å². The van der Waals surface area contributed by atoms with Gasteiger partial charge in [0.2, 0.25) is 5.91 Å². The Morgan fingerprint density at radius 1 is 1.48 bits per heavy atom. The predicted octanol–water partition coefficient (Wildman–Crippen LogP) is 2.27. The highest BCUT2D eigenvalue weighted by molar-refractivity contribution is 5.79. The number of ether oxygens (including phenoxy) is 1. The average Bonchev–Trinajstić information content (AvgIpc) is 2.49. The van der Waals surface area contributed by atoms with Crippen LogP contribution in [0.25, 0.3) is 0 Å². The van der Waals surface area contributed by atoms with Gasteiger partial charge in [0.05, 0.1) is 13.5 Å². The van der Waals surface area contributed by atoms with E-state index in [2.05, 4.69) is 0 Å². The summed E-state index contributed by atoms with van der Waals surface area (Å²) in [6, 6.07) is 6.17. The van der Waals surface area contributed by atoms with Crippen LogP contribution in [0.5, 0.6) is 5.75 Å². The molecule has 4 nitrogen and oxygen atoms in total. The second kappa shape index (κ2) is 6.94. The molecule has 1 aromatic carbocycles. The van der Waals surface area contributed by atoms with Gasteiger partial charge < -0.3 is 15.4 Å². The number of aryl methyl sites for hydroxylation is 1. The molecule has 1 fully saturated rings. The Balaban J connectivity index is 2.09. The molecule has 0 spiro atoms. The SMILES string of the molecule is COc1cc(CC(=O)N2CCCC[C@@H]2[C@@H](C)N)ccc1C. The summed E-state index contributed by atoms with van der Waals surface area (Å²) in [7, 11) is 1.66. The summed E-state index contributed by atoms with van der Waals surface area (Å²) in [5.41, 5.74) is 8.12. The molecule has 0 aromatic heterocycles. The minimum atomic E-state index is 0.0294. The van der Waals surface area contributed by atoms with Gasteiger partial charge in [-0.3, -0.25) is 4.79 Å². The molecular weight excluding hydrogens is 264 g/mol. The summed E-state index contributed by atoms with van der Waals surface area (Å²) in [5, 5.41) is 0. The van der Waals surface area contributed by atoms with Crippen LogP contribution in [0, 0.1) is 6.92 Å². The van der Waals surface area contributed by atoms with Gasteiger partial charge in [0.15, 0.2) is 0 Å². The number of likely N-dealkylation sites (tertiary alicyclic amines) is 1. The van der Waals surface area contributed by atoms with Crippen molar-refractivity contribution in [2.75, 3.05) is 13.7 Å². The zero-order valence-corrected chi connectivity index (χ0v) is 13.3. The van der Waals surface area contributed by atoms with Gasteiger partial charge >= 0.3 is 0 Å². The topological polar surface area (TPSA) is 55.6 Å². The van der Waals surface area contributed by atoms with E-state index >= 15 is 0 Å². The average molecular weight is 290 g/mol. The minimum absolute atomic E-state index is 0.0294. The molecule has 4 heteroatoms. The third-order valence-corrected chi connectivity index (χ3v) is 4.30. The first-order valence-corrected chi connectivity index (χ1v) is 7.71. The Hall–Kier alpha value is -1.55. The fraction of sp³-hybridized carbons (Fsp3) is 0.588. The molecule has 2 rings (SSSR count). The van der Waals surface area contributed by atoms with Crippen LogP contribution in [0.1, 0.15) is 37.3 Å². The van der Waals surface area contributed by atoms with Gasteiger partial charge in [0, 0.05) is 18.6 Å². The standard InChI is InChI=1S/C17H26N2O2/c1-12-7-8-14(10-16(12)21-3)11-17(20)19-9-5-4-6-15(19)13(2)18/h7-8,10,13,15H,4-6,9,11,18H2,1-3H3/t13-,15-/m1/s1. The lowest BCUT2D eigenvalue weighted by atomic mass is 9.96. The largest absolute Gasteiger partial charge is 0.496 e. The summed E-state index contributed by atoms with van der Waals surface area (Å²) < 4.78 is 5.33. The highest BCUT2D eigenvalue weighted by Gasteiger charge is 2.29. The molecule has 0 radical (unpaired) electrons. The molecule has 1 aliphatic rings. The van der Waals surface area contributed by atoms with Gasteiger partial charge in [-0.1, -0.05) is 12.1 Å². The van der Waals surface area contributed by atoms with Gasteiger partial charge in [0.25, 0.3) is 0 Å². The molecule has 1 saturated heterocycles. The zero-order chi connectivity index (χ0) is 15.4. The molecule has 1 aromatic rings. The lowest BCUT2D eigenvalue weighted by Gasteiger charge is -2.38. The van der Waals surface area contributed by atoms with Crippen molar-refractivity contribution in [1.29, 1.82) is 0 Å². The Kier molecular flexibility index (Phi) is 5.23. The number of hydrogen-bond acceptors (Lipinski definition) is 3. The number of piperidine rings is 1. The van der Waals surface area contributed by atoms with Gasteiger partial charge in [-0.15, -0.1) is 0 Å². The summed E-state index contributed by atoms with van der Waals surface area (Å²) in [6.45, 7) is 4.82. The monoisotopic (exact) mass is 290 g/mol. The van der Waals surface area contributed by atoms with Crippen molar-refractivity contribution in [3.63, 3.8) is 0 Å². The number of hydrogen-bond donors (Lipinski definition) is 1. The van der Waals surface area contributed by atoms with E-state index in [4.69, 9.17) is 10.5 Å². The summed E-state index contributed by atoms with van der Waals surface area (Å²) in [4.78, 5) is 14.6. The van der Waals surface area contributed by atoms with E-state index in [9.17, 15) is 4.79 Å². The first-order valence-electron chi connectivity index (χ1n) is 7.71. The molecule has 0 unspecified atom stereocenters. The minimum Gasteiger partial charge on any atom is -0.496 e. The maximum absolute atomic E-state index is 12.6. The second-order valence-corrected chi connectivity index (χ2v) is 5.99. The molecule has 2 N–H and O–H groups in total. The zero-order valence-electron chi connectivity index (χ0n) is 13.3. The highest BCUT2D eigenvalue weighted by atomic mass is 16.5. The number of benzene rings is 1. The van der Waals surface area contributed by atoms with Crippen molar-refractivity contribution < 1.29 is 9.53 Å². The Labute approximate surface area is 127 Å². The lowest BCUT2D eigenvalue weighted by Crippen LogP contribution is -2.52. The molecule has 1 amide bonds. The van der Waals surface area contributed by atoms with Crippen molar-refractivity contribution in [1.82, 2.24) is 4.90 Å². The van der Waals surface area contributed by atoms with Gasteiger partial charge in [-0.25, -0.2) is 0 Å². The predicted molar refractivity (Wildman–Crippen MR) is 84.4 cm³/mol. The van der Waals surface area contributed by atoms with Crippen LogP contribution in [0.2, 0.25) is 0 Å². The maximum Gasteiger partial charge on any atom is 0.227 e. The van der Waals surface area contributed by atoms with Gasteiger partial charge in [-0.2, -0.15) is 0 Å². The Morgan fingerprint density at radius 2 is 2.24 bits per heavy atom. The number of rotatable bonds is 4. The first-order chi connectivity index (χ1) is 10.0. The smallest absolute Gasteiger partial charge is 0.227 e. The Morgan fingerprint density at radius 3 is 2.90 bits per heavy atom. The third-order valence-electron chi connectivity index (χ3n) is 4.30. The number of nitrogens with two attached hydrogens (primary N) is 1. The molecule has 2 atom stereocenters. The van der Waals surface area contributed by atoms with Crippen molar-refractivity contribution in [2.45, 2.75) is 51.6 Å². The number of carbonyl (C=O) groups excluding carboxylic acids is 1.